The highest BCUT2D eigenvalue weighted by molar-refractivity contribution is 5.79. The first-order valence-corrected chi connectivity index (χ1v) is 15.5. The van der Waals surface area contributed by atoms with Gasteiger partial charge in [-0.15, -0.1) is 0 Å². The van der Waals surface area contributed by atoms with Gasteiger partial charge in [-0.3, -0.25) is 14.8 Å². The van der Waals surface area contributed by atoms with E-state index in [-0.39, 0.29) is 47.2 Å². The van der Waals surface area contributed by atoms with Gasteiger partial charge in [-0.05, 0) is 113 Å². The molecular weight excluding hydrogens is 524 g/mol. The molecule has 10 heteroatoms. The van der Waals surface area contributed by atoms with Gasteiger partial charge in [-0.25, -0.2) is 4.39 Å². The van der Waals surface area contributed by atoms with Crippen molar-refractivity contribution in [2.75, 3.05) is 6.54 Å². The highest BCUT2D eigenvalue weighted by Crippen LogP contribution is 2.46. The van der Waals surface area contributed by atoms with Crippen molar-refractivity contribution >= 4 is 5.91 Å². The Balaban J connectivity index is 1.36. The van der Waals surface area contributed by atoms with Gasteiger partial charge < -0.3 is 15.1 Å². The quantitative estimate of drug-likeness (QED) is 0.348. The van der Waals surface area contributed by atoms with Crippen LogP contribution in [-0.2, 0) is 17.8 Å². The Morgan fingerprint density at radius 2 is 1.90 bits per heavy atom. The van der Waals surface area contributed by atoms with Gasteiger partial charge in [0.05, 0.1) is 5.69 Å². The Labute approximate surface area is 234 Å². The number of aromatic nitrogens is 1. The second-order valence-electron chi connectivity index (χ2n) is 13.2. The highest BCUT2D eigenvalue weighted by atomic mass is 19.4. The van der Waals surface area contributed by atoms with Crippen LogP contribution in [0.3, 0.4) is 0 Å². The molecule has 1 aromatic heterocycles. The topological polar surface area (TPSA) is 83.0 Å². The summed E-state index contributed by atoms with van der Waals surface area (Å²) in [6.07, 6.45) is 4.19. The van der Waals surface area contributed by atoms with Crippen molar-refractivity contribution in [1.82, 2.24) is 15.2 Å². The number of carbonyl (C=O) groups excluding carboxylic acids is 1. The molecule has 4 fully saturated rings. The number of oxazole rings is 1. The molecule has 1 aliphatic heterocycles. The monoisotopic (exact) mass is 570 g/mol. The van der Waals surface area contributed by atoms with Crippen LogP contribution in [0, 0.1) is 46.8 Å². The van der Waals surface area contributed by atoms with E-state index in [4.69, 9.17) is 9.83 Å². The van der Waals surface area contributed by atoms with Crippen LogP contribution in [0.4, 0.5) is 17.6 Å². The van der Waals surface area contributed by atoms with Crippen LogP contribution in [-0.4, -0.2) is 41.5 Å². The molecule has 2 heterocycles. The lowest BCUT2D eigenvalue weighted by atomic mass is 9.66. The molecular formula is C30H46F4N4O2. The number of hydrogen-bond donors (Lipinski definition) is 3. The number of piperidine rings is 1. The first-order valence-electron chi connectivity index (χ1n) is 15.5. The van der Waals surface area contributed by atoms with Crippen LogP contribution in [0.15, 0.2) is 10.7 Å². The summed E-state index contributed by atoms with van der Waals surface area (Å²) in [6.45, 7) is 4.76. The van der Waals surface area contributed by atoms with E-state index >= 15 is 0 Å². The zero-order valence-electron chi connectivity index (χ0n) is 23.8. The molecule has 6 nitrogen and oxygen atoms in total. The standard InChI is InChI=1S/C30H46F4N4O2/c1-3-23-16-40-29(35)38(23)15-18-12-21(24-5-4-10-36-27(24)30(32,33)34)14-22(13-18)28(39)37-26(19-6-7-19)20-8-9-25(31)17(2)11-20/h16-22,24-27,35-36H,3-15H2,1-2H3,(H,37,39)/t17?,18?,20?,21?,22?,24?,25?,26-,27?/m0/s1. The van der Waals surface area contributed by atoms with E-state index in [1.807, 2.05) is 18.4 Å². The maximum absolute atomic E-state index is 14.2. The average molecular weight is 571 g/mol. The maximum Gasteiger partial charge on any atom is 0.404 e. The van der Waals surface area contributed by atoms with Crippen LogP contribution in [0.25, 0.3) is 0 Å². The summed E-state index contributed by atoms with van der Waals surface area (Å²) in [4.78, 5) is 13.9. The van der Waals surface area contributed by atoms with E-state index in [2.05, 4.69) is 10.6 Å². The summed E-state index contributed by atoms with van der Waals surface area (Å²) >= 11 is 0. The number of carbonyl (C=O) groups is 1. The number of nitrogens with one attached hydrogen (secondary N) is 3. The summed E-state index contributed by atoms with van der Waals surface area (Å²) in [5.74, 6) is -0.588. The zero-order chi connectivity index (χ0) is 28.6. The largest absolute Gasteiger partial charge is 0.432 e. The van der Waals surface area contributed by atoms with Gasteiger partial charge in [0.25, 0.3) is 5.68 Å². The van der Waals surface area contributed by atoms with E-state index < -0.39 is 24.3 Å². The Morgan fingerprint density at radius 3 is 2.58 bits per heavy atom. The maximum atomic E-state index is 14.2. The molecule has 4 aliphatic rings. The Hall–Kier alpha value is -1.84. The van der Waals surface area contributed by atoms with Gasteiger partial charge in [0.2, 0.25) is 5.91 Å². The number of hydrogen-bond acceptors (Lipinski definition) is 4. The van der Waals surface area contributed by atoms with Crippen LogP contribution in [0.1, 0.15) is 83.7 Å². The molecule has 3 aliphatic carbocycles. The van der Waals surface area contributed by atoms with E-state index in [1.165, 1.54) is 0 Å². The fourth-order valence-corrected chi connectivity index (χ4v) is 8.18. The molecule has 226 valence electrons. The molecule has 3 saturated carbocycles. The van der Waals surface area contributed by atoms with Crippen LogP contribution in [0.2, 0.25) is 0 Å². The number of rotatable bonds is 8. The minimum Gasteiger partial charge on any atom is -0.432 e. The minimum atomic E-state index is -4.33. The van der Waals surface area contributed by atoms with Gasteiger partial charge >= 0.3 is 6.18 Å². The van der Waals surface area contributed by atoms with Crippen LogP contribution >= 0.6 is 0 Å². The third-order valence-corrected chi connectivity index (χ3v) is 10.4. The predicted octanol–water partition coefficient (Wildman–Crippen LogP) is 5.76. The lowest BCUT2D eigenvalue weighted by molar-refractivity contribution is -0.179. The lowest BCUT2D eigenvalue weighted by Gasteiger charge is -2.44. The molecule has 1 aromatic rings. The van der Waals surface area contributed by atoms with Crippen molar-refractivity contribution in [3.05, 3.63) is 17.6 Å². The molecule has 5 rings (SSSR count). The third-order valence-electron chi connectivity index (χ3n) is 10.4. The number of halogens is 4. The van der Waals surface area contributed by atoms with Gasteiger partial charge in [-0.1, -0.05) is 13.8 Å². The summed E-state index contributed by atoms with van der Waals surface area (Å²) in [5.41, 5.74) is 0.922. The molecule has 3 N–H and O–H groups in total. The van der Waals surface area contributed by atoms with Crippen molar-refractivity contribution < 1.29 is 26.8 Å². The van der Waals surface area contributed by atoms with E-state index in [0.29, 0.717) is 64.0 Å². The first kappa shape index (κ1) is 29.6. The molecule has 8 unspecified atom stereocenters. The van der Waals surface area contributed by atoms with E-state index in [0.717, 1.165) is 31.4 Å². The predicted molar refractivity (Wildman–Crippen MR) is 143 cm³/mol. The third kappa shape index (κ3) is 6.62. The van der Waals surface area contributed by atoms with E-state index in [9.17, 15) is 22.4 Å². The molecule has 9 atom stereocenters. The SMILES string of the molecule is CCc1coc(=N)n1CC1CC(C(=O)N[C@@H](C2CC2)C2CCC(F)C(C)C2)CC(C2CCCNC2C(F)(F)F)C1. The molecule has 1 amide bonds. The fraction of sp³-hybridized carbons (Fsp3) is 0.867. The van der Waals surface area contributed by atoms with Gasteiger partial charge in [-0.2, -0.15) is 13.2 Å². The van der Waals surface area contributed by atoms with Crippen molar-refractivity contribution in [2.45, 2.75) is 115 Å². The Kier molecular flexibility index (Phi) is 9.03. The summed E-state index contributed by atoms with van der Waals surface area (Å²) < 4.78 is 63.6. The van der Waals surface area contributed by atoms with Gasteiger partial charge in [0.15, 0.2) is 0 Å². The first-order chi connectivity index (χ1) is 19.0. The minimum absolute atomic E-state index is 0.0164. The molecule has 0 spiro atoms. The van der Waals surface area contributed by atoms with Crippen molar-refractivity contribution in [1.29, 1.82) is 5.41 Å². The lowest BCUT2D eigenvalue weighted by Crippen LogP contribution is -2.54. The second kappa shape index (κ2) is 12.2. The molecule has 0 aromatic carbocycles. The second-order valence-corrected chi connectivity index (χ2v) is 13.2. The molecule has 0 radical (unpaired) electrons. The van der Waals surface area contributed by atoms with Crippen LogP contribution < -0.4 is 16.3 Å². The summed E-state index contributed by atoms with van der Waals surface area (Å²) in [5, 5.41) is 14.3. The van der Waals surface area contributed by atoms with E-state index in [1.54, 1.807) is 6.26 Å². The smallest absolute Gasteiger partial charge is 0.404 e. The number of aryl methyl sites for hydroxylation is 1. The highest BCUT2D eigenvalue weighted by Gasteiger charge is 2.50. The number of nitrogens with zero attached hydrogens (tertiary/aromatic N) is 1. The number of amides is 1. The van der Waals surface area contributed by atoms with Crippen LogP contribution in [0.5, 0.6) is 0 Å². The number of alkyl halides is 4. The van der Waals surface area contributed by atoms with Crippen molar-refractivity contribution in [3.63, 3.8) is 0 Å². The Morgan fingerprint density at radius 1 is 1.15 bits per heavy atom. The van der Waals surface area contributed by atoms with Gasteiger partial charge in [0.1, 0.15) is 18.5 Å². The fourth-order valence-electron chi connectivity index (χ4n) is 8.18. The molecule has 0 bridgehead atoms. The van der Waals surface area contributed by atoms with Crippen molar-refractivity contribution in [3.8, 4) is 0 Å². The summed E-state index contributed by atoms with van der Waals surface area (Å²) in [7, 11) is 0. The average Bonchev–Trinajstić information content (AvgIpc) is 3.71. The van der Waals surface area contributed by atoms with Gasteiger partial charge in [0, 0.05) is 18.5 Å². The molecule has 1 saturated heterocycles. The zero-order valence-corrected chi connectivity index (χ0v) is 23.8. The summed E-state index contributed by atoms with van der Waals surface area (Å²) in [6, 6.07) is -1.53. The Bertz CT molecular complexity index is 1070. The molecule has 40 heavy (non-hydrogen) atoms. The van der Waals surface area contributed by atoms with Crippen molar-refractivity contribution in [2.24, 2.45) is 41.4 Å². The normalized spacial score (nSPS) is 36.2.